The molecule has 0 N–H and O–H groups in total. The van der Waals surface area contributed by atoms with Gasteiger partial charge in [-0.15, -0.1) is 0 Å². The molecule has 0 saturated carbocycles. The van der Waals surface area contributed by atoms with Crippen molar-refractivity contribution >= 4 is 11.5 Å². The van der Waals surface area contributed by atoms with Crippen LogP contribution in [0.1, 0.15) is 31.4 Å². The first-order chi connectivity index (χ1) is 11.8. The topological polar surface area (TPSA) is 48.0 Å². The molecule has 1 aromatic carbocycles. The lowest BCUT2D eigenvalue weighted by Gasteiger charge is -2.37. The van der Waals surface area contributed by atoms with Crippen LogP contribution in [-0.4, -0.2) is 55.1 Å². The third kappa shape index (κ3) is 2.53. The van der Waals surface area contributed by atoms with E-state index in [-0.39, 0.29) is 30.3 Å². The zero-order valence-corrected chi connectivity index (χ0v) is 15.4. The molecule has 2 fully saturated rings. The Balaban J connectivity index is 1.83. The molecular formula is C20H25NO4. The molecule has 1 aromatic rings. The summed E-state index contributed by atoms with van der Waals surface area (Å²) in [7, 11) is 3.48. The van der Waals surface area contributed by atoms with Crippen LogP contribution in [0.2, 0.25) is 0 Å². The Morgan fingerprint density at radius 1 is 1.20 bits per heavy atom. The summed E-state index contributed by atoms with van der Waals surface area (Å²) in [6, 6.07) is 8.37. The van der Waals surface area contributed by atoms with Gasteiger partial charge < -0.3 is 14.2 Å². The predicted octanol–water partition coefficient (Wildman–Crippen LogP) is 2.53. The second kappa shape index (κ2) is 5.66. The van der Waals surface area contributed by atoms with E-state index in [9.17, 15) is 4.79 Å². The highest BCUT2D eigenvalue weighted by atomic mass is 16.8. The van der Waals surface area contributed by atoms with Crippen LogP contribution in [0.4, 0.5) is 0 Å². The van der Waals surface area contributed by atoms with E-state index in [0.29, 0.717) is 5.57 Å². The summed E-state index contributed by atoms with van der Waals surface area (Å²) in [6.07, 6.45) is 0.566. The fourth-order valence-corrected chi connectivity index (χ4v) is 4.54. The van der Waals surface area contributed by atoms with Crippen LogP contribution in [0.15, 0.2) is 29.8 Å². The van der Waals surface area contributed by atoms with Gasteiger partial charge in [0.05, 0.1) is 18.7 Å². The van der Waals surface area contributed by atoms with E-state index in [0.717, 1.165) is 17.6 Å². The lowest BCUT2D eigenvalue weighted by Crippen LogP contribution is -2.46. The number of carbonyl (C=O) groups excluding carboxylic acids is 1. The summed E-state index contributed by atoms with van der Waals surface area (Å²) in [5.41, 5.74) is 4.04. The van der Waals surface area contributed by atoms with Crippen molar-refractivity contribution in [2.75, 3.05) is 14.2 Å². The number of rotatable bonds is 2. The summed E-state index contributed by atoms with van der Waals surface area (Å²) in [6.45, 7) is 5.93. The first kappa shape index (κ1) is 16.8. The summed E-state index contributed by atoms with van der Waals surface area (Å²) in [5, 5.41) is 0. The number of nitrogens with zero attached hydrogens (tertiary/aromatic N) is 1. The Morgan fingerprint density at radius 3 is 2.48 bits per heavy atom. The quantitative estimate of drug-likeness (QED) is 0.773. The highest BCUT2D eigenvalue weighted by Crippen LogP contribution is 2.49. The number of likely N-dealkylation sites (N-methyl/N-ethyl adjacent to an activating group) is 1. The smallest absolute Gasteiger partial charge is 0.335 e. The SMILES string of the molecule is COC(=O)C1=C(c2ccc(C)cc2)C[C@@H]2[C@H]3OC(C)(C)O[C@H]3[C@H]1N2C. The molecule has 4 rings (SSSR count). The molecule has 134 valence electrons. The van der Waals surface area contributed by atoms with E-state index in [1.54, 1.807) is 0 Å². The maximum absolute atomic E-state index is 12.7. The van der Waals surface area contributed by atoms with Crippen LogP contribution >= 0.6 is 0 Å². The normalized spacial score (nSPS) is 33.5. The van der Waals surface area contributed by atoms with Crippen molar-refractivity contribution in [2.24, 2.45) is 0 Å². The van der Waals surface area contributed by atoms with E-state index in [4.69, 9.17) is 14.2 Å². The van der Waals surface area contributed by atoms with Gasteiger partial charge in [-0.05, 0) is 45.4 Å². The van der Waals surface area contributed by atoms with E-state index in [2.05, 4.69) is 36.1 Å². The van der Waals surface area contributed by atoms with Gasteiger partial charge in [0, 0.05) is 6.04 Å². The summed E-state index contributed by atoms with van der Waals surface area (Å²) < 4.78 is 17.5. The summed E-state index contributed by atoms with van der Waals surface area (Å²) in [4.78, 5) is 14.9. The average Bonchev–Trinajstić information content (AvgIpc) is 2.95. The van der Waals surface area contributed by atoms with Crippen LogP contribution in [0.5, 0.6) is 0 Å². The lowest BCUT2D eigenvalue weighted by molar-refractivity contribution is -0.166. The predicted molar refractivity (Wildman–Crippen MR) is 93.9 cm³/mol. The molecule has 3 aliphatic rings. The molecule has 3 aliphatic heterocycles. The Morgan fingerprint density at radius 2 is 1.84 bits per heavy atom. The van der Waals surface area contributed by atoms with Gasteiger partial charge in [-0.25, -0.2) is 4.79 Å². The Hall–Kier alpha value is -1.69. The maximum Gasteiger partial charge on any atom is 0.335 e. The van der Waals surface area contributed by atoms with Gasteiger partial charge in [-0.2, -0.15) is 0 Å². The number of methoxy groups -OCH3 is 1. The van der Waals surface area contributed by atoms with Crippen molar-refractivity contribution in [3.05, 3.63) is 41.0 Å². The number of ether oxygens (including phenoxy) is 3. The molecule has 0 amide bonds. The minimum Gasteiger partial charge on any atom is -0.466 e. The molecule has 2 saturated heterocycles. The molecule has 5 nitrogen and oxygen atoms in total. The molecule has 3 heterocycles. The minimum absolute atomic E-state index is 0.0346. The molecule has 4 atom stereocenters. The minimum atomic E-state index is -0.615. The zero-order valence-electron chi connectivity index (χ0n) is 15.4. The van der Waals surface area contributed by atoms with Crippen molar-refractivity contribution in [3.8, 4) is 0 Å². The van der Waals surface area contributed by atoms with Gasteiger partial charge in [0.2, 0.25) is 0 Å². The van der Waals surface area contributed by atoms with Gasteiger partial charge in [0.1, 0.15) is 12.2 Å². The number of aryl methyl sites for hydroxylation is 1. The van der Waals surface area contributed by atoms with Crippen LogP contribution in [-0.2, 0) is 19.0 Å². The van der Waals surface area contributed by atoms with E-state index in [1.807, 2.05) is 20.9 Å². The van der Waals surface area contributed by atoms with E-state index in [1.165, 1.54) is 12.7 Å². The number of esters is 1. The van der Waals surface area contributed by atoms with E-state index >= 15 is 0 Å². The Bertz CT molecular complexity index is 737. The fourth-order valence-electron chi connectivity index (χ4n) is 4.54. The number of benzene rings is 1. The third-order valence-corrected chi connectivity index (χ3v) is 5.66. The highest BCUT2D eigenvalue weighted by molar-refractivity contribution is 6.00. The number of fused-ring (bicyclic) bond motifs is 5. The largest absolute Gasteiger partial charge is 0.466 e. The van der Waals surface area contributed by atoms with Crippen molar-refractivity contribution in [1.29, 1.82) is 0 Å². The zero-order chi connectivity index (χ0) is 17.9. The average molecular weight is 343 g/mol. The van der Waals surface area contributed by atoms with Gasteiger partial charge in [-0.1, -0.05) is 29.8 Å². The van der Waals surface area contributed by atoms with Crippen molar-refractivity contribution in [1.82, 2.24) is 4.90 Å². The lowest BCUT2D eigenvalue weighted by atomic mass is 9.88. The highest BCUT2D eigenvalue weighted by Gasteiger charge is 2.61. The molecule has 0 aromatic heterocycles. The molecule has 0 radical (unpaired) electrons. The molecule has 0 spiro atoms. The molecule has 5 heteroatoms. The monoisotopic (exact) mass is 343 g/mol. The molecule has 0 unspecified atom stereocenters. The number of hydrogen-bond donors (Lipinski definition) is 0. The fraction of sp³-hybridized carbons (Fsp3) is 0.550. The molecule has 0 aliphatic carbocycles. The first-order valence-corrected chi connectivity index (χ1v) is 8.78. The van der Waals surface area contributed by atoms with E-state index < -0.39 is 5.79 Å². The maximum atomic E-state index is 12.7. The second-order valence-corrected chi connectivity index (χ2v) is 7.70. The van der Waals surface area contributed by atoms with Crippen molar-refractivity contribution in [3.63, 3.8) is 0 Å². The van der Waals surface area contributed by atoms with Crippen molar-refractivity contribution < 1.29 is 19.0 Å². The second-order valence-electron chi connectivity index (χ2n) is 7.70. The molecule has 2 bridgehead atoms. The third-order valence-electron chi connectivity index (χ3n) is 5.66. The van der Waals surface area contributed by atoms with Gasteiger partial charge in [0.15, 0.2) is 5.79 Å². The van der Waals surface area contributed by atoms with Gasteiger partial charge >= 0.3 is 5.97 Å². The van der Waals surface area contributed by atoms with Crippen LogP contribution < -0.4 is 0 Å². The van der Waals surface area contributed by atoms with Gasteiger partial charge in [0.25, 0.3) is 0 Å². The standard InChI is InChI=1S/C20H25NO4/c1-11-6-8-12(9-7-11)13-10-14-17-18(25-20(2,3)24-17)16(21(14)4)15(13)19(22)23-5/h6-9,14,16-18H,10H2,1-5H3/t14-,16+,17-,18+/m1/s1. The van der Waals surface area contributed by atoms with Crippen molar-refractivity contribution in [2.45, 2.75) is 57.3 Å². The molecule has 25 heavy (non-hydrogen) atoms. The summed E-state index contributed by atoms with van der Waals surface area (Å²) in [5.74, 6) is -0.893. The number of carbonyl (C=O) groups is 1. The molecular weight excluding hydrogens is 318 g/mol. The van der Waals surface area contributed by atoms with Crippen LogP contribution in [0.25, 0.3) is 5.57 Å². The Labute approximate surface area is 148 Å². The van der Waals surface area contributed by atoms with Crippen LogP contribution in [0.3, 0.4) is 0 Å². The summed E-state index contributed by atoms with van der Waals surface area (Å²) >= 11 is 0. The Kier molecular flexibility index (Phi) is 3.79. The van der Waals surface area contributed by atoms with Crippen LogP contribution in [0, 0.1) is 6.92 Å². The first-order valence-electron chi connectivity index (χ1n) is 8.78. The number of hydrogen-bond acceptors (Lipinski definition) is 5. The van der Waals surface area contributed by atoms with Gasteiger partial charge in [-0.3, -0.25) is 4.90 Å².